The smallest absolute Gasteiger partial charge is 0.180 e. The zero-order valence-corrected chi connectivity index (χ0v) is 12.3. The van der Waals surface area contributed by atoms with Crippen LogP contribution in [0.5, 0.6) is 5.75 Å². The number of imidazole rings is 1. The van der Waals surface area contributed by atoms with E-state index >= 15 is 0 Å². The van der Waals surface area contributed by atoms with Gasteiger partial charge in [-0.2, -0.15) is 0 Å². The van der Waals surface area contributed by atoms with Crippen LogP contribution in [0, 0.1) is 6.92 Å². The predicted octanol–water partition coefficient (Wildman–Crippen LogP) is 4.08. The predicted molar refractivity (Wildman–Crippen MR) is 79.6 cm³/mol. The summed E-state index contributed by atoms with van der Waals surface area (Å²) in [7, 11) is 1.66. The van der Waals surface area contributed by atoms with Gasteiger partial charge in [0, 0.05) is 21.9 Å². The molecule has 1 aromatic carbocycles. The zero-order chi connectivity index (χ0) is 13.4. The van der Waals surface area contributed by atoms with Crippen molar-refractivity contribution in [2.45, 2.75) is 6.92 Å². The van der Waals surface area contributed by atoms with Crippen LogP contribution in [0.2, 0.25) is 0 Å². The highest BCUT2D eigenvalue weighted by Gasteiger charge is 2.13. The number of nitrogens with zero attached hydrogens (tertiary/aromatic N) is 2. The lowest BCUT2D eigenvalue weighted by atomic mass is 10.1. The summed E-state index contributed by atoms with van der Waals surface area (Å²) in [5, 5.41) is 0. The minimum atomic E-state index is 0.784. The highest BCUT2D eigenvalue weighted by molar-refractivity contribution is 9.10. The molecule has 3 rings (SSSR count). The molecule has 2 heterocycles. The topological polar surface area (TPSA) is 26.5 Å². The third-order valence-corrected chi connectivity index (χ3v) is 3.66. The van der Waals surface area contributed by atoms with E-state index in [9.17, 15) is 0 Å². The first-order chi connectivity index (χ1) is 9.20. The lowest BCUT2D eigenvalue weighted by molar-refractivity contribution is 0.417. The second-order valence-corrected chi connectivity index (χ2v) is 5.24. The lowest BCUT2D eigenvalue weighted by Gasteiger charge is -2.01. The number of hydrogen-bond acceptors (Lipinski definition) is 2. The van der Waals surface area contributed by atoms with Gasteiger partial charge in [0.15, 0.2) is 11.4 Å². The van der Waals surface area contributed by atoms with Crippen molar-refractivity contribution in [1.29, 1.82) is 0 Å². The molecule has 0 bridgehead atoms. The number of ether oxygens (including phenoxy) is 1. The molecule has 0 saturated heterocycles. The molecule has 19 heavy (non-hydrogen) atoms. The summed E-state index contributed by atoms with van der Waals surface area (Å²) in [6, 6.07) is 12.0. The van der Waals surface area contributed by atoms with E-state index in [0.717, 1.165) is 32.8 Å². The van der Waals surface area contributed by atoms with Crippen molar-refractivity contribution >= 4 is 21.6 Å². The highest BCUT2D eigenvalue weighted by atomic mass is 79.9. The van der Waals surface area contributed by atoms with Gasteiger partial charge in [0.2, 0.25) is 0 Å². The SMILES string of the molecule is COc1cccn2c(C)c(-c3cccc(Br)c3)nc12. The van der Waals surface area contributed by atoms with E-state index < -0.39 is 0 Å². The molecule has 0 N–H and O–H groups in total. The molecule has 96 valence electrons. The van der Waals surface area contributed by atoms with E-state index in [1.807, 2.05) is 30.5 Å². The van der Waals surface area contributed by atoms with E-state index in [1.165, 1.54) is 0 Å². The number of benzene rings is 1. The molecule has 0 unspecified atom stereocenters. The molecule has 3 aromatic rings. The molecular formula is C15H13BrN2O. The lowest BCUT2D eigenvalue weighted by Crippen LogP contribution is -1.90. The van der Waals surface area contributed by atoms with Crippen molar-refractivity contribution in [2.75, 3.05) is 7.11 Å². The molecule has 3 nitrogen and oxygen atoms in total. The Kier molecular flexibility index (Phi) is 3.03. The van der Waals surface area contributed by atoms with Crippen molar-refractivity contribution in [3.05, 3.63) is 52.8 Å². The van der Waals surface area contributed by atoms with Gasteiger partial charge >= 0.3 is 0 Å². The quantitative estimate of drug-likeness (QED) is 0.712. The van der Waals surface area contributed by atoms with E-state index in [-0.39, 0.29) is 0 Å². The molecule has 2 aromatic heterocycles. The number of methoxy groups -OCH3 is 1. The van der Waals surface area contributed by atoms with E-state index in [1.54, 1.807) is 7.11 Å². The van der Waals surface area contributed by atoms with Crippen LogP contribution in [0.1, 0.15) is 5.69 Å². The average molecular weight is 317 g/mol. The van der Waals surface area contributed by atoms with Crippen LogP contribution in [-0.4, -0.2) is 16.5 Å². The molecule has 0 spiro atoms. The van der Waals surface area contributed by atoms with Crippen molar-refractivity contribution in [1.82, 2.24) is 9.38 Å². The van der Waals surface area contributed by atoms with Crippen LogP contribution in [0.3, 0.4) is 0 Å². The van der Waals surface area contributed by atoms with Crippen molar-refractivity contribution in [3.63, 3.8) is 0 Å². The van der Waals surface area contributed by atoms with Gasteiger partial charge in [-0.1, -0.05) is 28.1 Å². The van der Waals surface area contributed by atoms with Crippen molar-refractivity contribution in [3.8, 4) is 17.0 Å². The molecule has 4 heteroatoms. The van der Waals surface area contributed by atoms with Gasteiger partial charge in [-0.05, 0) is 31.2 Å². The summed E-state index contributed by atoms with van der Waals surface area (Å²) in [4.78, 5) is 4.71. The number of halogens is 1. The first-order valence-electron chi connectivity index (χ1n) is 5.98. The molecule has 0 radical (unpaired) electrons. The van der Waals surface area contributed by atoms with Crippen LogP contribution in [0.25, 0.3) is 16.9 Å². The third kappa shape index (κ3) is 2.02. The van der Waals surface area contributed by atoms with Crippen LogP contribution < -0.4 is 4.74 Å². The Labute approximate surface area is 120 Å². The number of pyridine rings is 1. The summed E-state index contributed by atoms with van der Waals surface area (Å²) in [5.41, 5.74) is 4.02. The van der Waals surface area contributed by atoms with Crippen LogP contribution in [-0.2, 0) is 0 Å². The van der Waals surface area contributed by atoms with Gasteiger partial charge in [0.1, 0.15) is 0 Å². The molecular weight excluding hydrogens is 304 g/mol. The molecule has 0 aliphatic rings. The minimum absolute atomic E-state index is 0.784. The number of rotatable bonds is 2. The summed E-state index contributed by atoms with van der Waals surface area (Å²) >= 11 is 3.50. The fraction of sp³-hybridized carbons (Fsp3) is 0.133. The Morgan fingerprint density at radius 3 is 2.79 bits per heavy atom. The summed E-state index contributed by atoms with van der Waals surface area (Å²) < 4.78 is 8.46. The molecule has 0 fully saturated rings. The van der Waals surface area contributed by atoms with Crippen molar-refractivity contribution < 1.29 is 4.74 Å². The molecule has 0 atom stereocenters. The maximum atomic E-state index is 5.36. The Balaban J connectivity index is 2.28. The first kappa shape index (κ1) is 12.2. The normalized spacial score (nSPS) is 10.9. The number of aromatic nitrogens is 2. The molecule has 0 aliphatic heterocycles. The van der Waals surface area contributed by atoms with E-state index in [0.29, 0.717) is 0 Å². The second-order valence-electron chi connectivity index (χ2n) is 4.33. The zero-order valence-electron chi connectivity index (χ0n) is 10.7. The van der Waals surface area contributed by atoms with Gasteiger partial charge in [-0.25, -0.2) is 4.98 Å². The van der Waals surface area contributed by atoms with Crippen LogP contribution in [0.15, 0.2) is 47.1 Å². The maximum Gasteiger partial charge on any atom is 0.180 e. The average Bonchev–Trinajstić information content (AvgIpc) is 2.76. The Morgan fingerprint density at radius 2 is 2.05 bits per heavy atom. The maximum absolute atomic E-state index is 5.36. The summed E-state index contributed by atoms with van der Waals surface area (Å²) in [6.07, 6.45) is 2.00. The largest absolute Gasteiger partial charge is 0.493 e. The van der Waals surface area contributed by atoms with Gasteiger partial charge in [0.05, 0.1) is 12.8 Å². The monoisotopic (exact) mass is 316 g/mol. The molecule has 0 saturated carbocycles. The number of aryl methyl sites for hydroxylation is 1. The number of hydrogen-bond donors (Lipinski definition) is 0. The van der Waals surface area contributed by atoms with Gasteiger partial charge < -0.3 is 9.14 Å². The van der Waals surface area contributed by atoms with Gasteiger partial charge in [-0.15, -0.1) is 0 Å². The molecule has 0 aliphatic carbocycles. The Morgan fingerprint density at radius 1 is 1.21 bits per heavy atom. The second kappa shape index (κ2) is 4.70. The van der Waals surface area contributed by atoms with E-state index in [2.05, 4.69) is 39.4 Å². The fourth-order valence-electron chi connectivity index (χ4n) is 2.23. The summed E-state index contributed by atoms with van der Waals surface area (Å²) in [6.45, 7) is 2.07. The van der Waals surface area contributed by atoms with E-state index in [4.69, 9.17) is 9.72 Å². The Hall–Kier alpha value is -1.81. The highest BCUT2D eigenvalue weighted by Crippen LogP contribution is 2.29. The fourth-order valence-corrected chi connectivity index (χ4v) is 2.63. The minimum Gasteiger partial charge on any atom is -0.493 e. The molecule has 0 amide bonds. The summed E-state index contributed by atoms with van der Waals surface area (Å²) in [5.74, 6) is 0.784. The van der Waals surface area contributed by atoms with Crippen LogP contribution >= 0.6 is 15.9 Å². The van der Waals surface area contributed by atoms with Crippen molar-refractivity contribution in [2.24, 2.45) is 0 Å². The Bertz CT molecular complexity index is 749. The number of fused-ring (bicyclic) bond motifs is 1. The first-order valence-corrected chi connectivity index (χ1v) is 6.77. The van der Waals surface area contributed by atoms with Crippen LogP contribution in [0.4, 0.5) is 0 Å². The van der Waals surface area contributed by atoms with Gasteiger partial charge in [-0.3, -0.25) is 0 Å². The van der Waals surface area contributed by atoms with Gasteiger partial charge in [0.25, 0.3) is 0 Å². The third-order valence-electron chi connectivity index (χ3n) is 3.17. The standard InChI is InChI=1S/C15H13BrN2O/c1-10-14(11-5-3-6-12(16)9-11)17-15-13(19-2)7-4-8-18(10)15/h3-9H,1-2H3.